The molecule has 0 amide bonds. The molecule has 0 heterocycles. The molecule has 3 heteroatoms. The summed E-state index contributed by atoms with van der Waals surface area (Å²) in [5, 5.41) is 3.29. The van der Waals surface area contributed by atoms with Gasteiger partial charge >= 0.3 is 0 Å². The minimum atomic E-state index is -0.400. The summed E-state index contributed by atoms with van der Waals surface area (Å²) in [6.07, 6.45) is 1.99. The molecule has 1 aromatic carbocycles. The Labute approximate surface area is 94.9 Å². The van der Waals surface area contributed by atoms with Crippen LogP contribution in [0.25, 0.3) is 0 Å². The third kappa shape index (κ3) is 2.40. The molecule has 1 aliphatic rings. The number of halogens is 2. The van der Waals surface area contributed by atoms with Crippen molar-refractivity contribution in [1.82, 2.24) is 5.32 Å². The van der Waals surface area contributed by atoms with Gasteiger partial charge in [-0.2, -0.15) is 0 Å². The summed E-state index contributed by atoms with van der Waals surface area (Å²) in [4.78, 5) is 0. The Balaban J connectivity index is 1.95. The van der Waals surface area contributed by atoms with Crippen LogP contribution >= 0.6 is 0 Å². The van der Waals surface area contributed by atoms with E-state index in [1.165, 1.54) is 18.2 Å². The van der Waals surface area contributed by atoms with Crippen LogP contribution in [0.2, 0.25) is 0 Å². The van der Waals surface area contributed by atoms with Crippen LogP contribution < -0.4 is 5.32 Å². The maximum absolute atomic E-state index is 13.4. The third-order valence-corrected chi connectivity index (χ3v) is 3.13. The predicted octanol–water partition coefficient (Wildman–Crippen LogP) is 3.07. The van der Waals surface area contributed by atoms with Gasteiger partial charge in [0.2, 0.25) is 0 Å². The van der Waals surface area contributed by atoms with Crippen LogP contribution in [0.1, 0.15) is 31.2 Å². The van der Waals surface area contributed by atoms with Gasteiger partial charge in [0.1, 0.15) is 11.6 Å². The molecular formula is C13H17F2N. The Morgan fingerprint density at radius 3 is 2.62 bits per heavy atom. The first-order valence-corrected chi connectivity index (χ1v) is 5.88. The van der Waals surface area contributed by atoms with Gasteiger partial charge in [0, 0.05) is 5.56 Å². The lowest BCUT2D eigenvalue weighted by Crippen LogP contribution is -2.18. The third-order valence-electron chi connectivity index (χ3n) is 3.13. The van der Waals surface area contributed by atoms with Gasteiger partial charge in [-0.05, 0) is 49.9 Å². The van der Waals surface area contributed by atoms with E-state index in [1.807, 2.05) is 0 Å². The van der Waals surface area contributed by atoms with Gasteiger partial charge in [-0.1, -0.05) is 13.0 Å². The summed E-state index contributed by atoms with van der Waals surface area (Å²) in [5.41, 5.74) is 0.283. The van der Waals surface area contributed by atoms with Gasteiger partial charge in [-0.25, -0.2) is 8.78 Å². The highest BCUT2D eigenvalue weighted by Gasteiger charge is 2.40. The molecule has 2 rings (SSSR count). The molecule has 88 valence electrons. The molecule has 1 saturated carbocycles. The first-order valence-electron chi connectivity index (χ1n) is 5.88. The number of nitrogens with one attached hydrogen (secondary N) is 1. The van der Waals surface area contributed by atoms with Crippen molar-refractivity contribution in [2.45, 2.75) is 25.7 Å². The normalized spacial score (nSPS) is 23.4. The van der Waals surface area contributed by atoms with E-state index in [2.05, 4.69) is 12.2 Å². The van der Waals surface area contributed by atoms with E-state index in [4.69, 9.17) is 0 Å². The molecule has 1 fully saturated rings. The molecule has 0 bridgehead atoms. The standard InChI is InChI=1S/C13H17F2N/c1-2-6-16-8-9-7-10(9)13-11(14)4-3-5-12(13)15/h3-5,9-10,16H,2,6-8H2,1H3. The van der Waals surface area contributed by atoms with Crippen molar-refractivity contribution in [3.05, 3.63) is 35.4 Å². The minimum Gasteiger partial charge on any atom is -0.316 e. The zero-order valence-electron chi connectivity index (χ0n) is 9.47. The Hall–Kier alpha value is -0.960. The summed E-state index contributed by atoms with van der Waals surface area (Å²) in [5.74, 6) is -0.325. The average Bonchev–Trinajstić information content (AvgIpc) is 2.98. The van der Waals surface area contributed by atoms with E-state index < -0.39 is 11.6 Å². The van der Waals surface area contributed by atoms with E-state index in [0.717, 1.165) is 25.9 Å². The van der Waals surface area contributed by atoms with Gasteiger partial charge in [0.25, 0.3) is 0 Å². The minimum absolute atomic E-state index is 0.0746. The number of rotatable bonds is 5. The summed E-state index contributed by atoms with van der Waals surface area (Å²) >= 11 is 0. The van der Waals surface area contributed by atoms with Gasteiger partial charge in [0.15, 0.2) is 0 Å². The molecule has 1 aliphatic carbocycles. The molecule has 16 heavy (non-hydrogen) atoms. The number of hydrogen-bond donors (Lipinski definition) is 1. The van der Waals surface area contributed by atoms with Gasteiger partial charge in [0.05, 0.1) is 0 Å². The second-order valence-corrected chi connectivity index (χ2v) is 4.44. The van der Waals surface area contributed by atoms with Crippen molar-refractivity contribution in [3.8, 4) is 0 Å². The topological polar surface area (TPSA) is 12.0 Å². The van der Waals surface area contributed by atoms with E-state index >= 15 is 0 Å². The molecule has 0 radical (unpaired) electrons. The van der Waals surface area contributed by atoms with Crippen LogP contribution in [-0.2, 0) is 0 Å². The van der Waals surface area contributed by atoms with Crippen molar-refractivity contribution >= 4 is 0 Å². The quantitative estimate of drug-likeness (QED) is 0.759. The van der Waals surface area contributed by atoms with Crippen LogP contribution in [0, 0.1) is 17.6 Å². The van der Waals surface area contributed by atoms with Gasteiger partial charge in [-0.3, -0.25) is 0 Å². The SMILES string of the molecule is CCCNCC1CC1c1c(F)cccc1F. The summed E-state index contributed by atoms with van der Waals surface area (Å²) < 4.78 is 26.9. The fraction of sp³-hybridized carbons (Fsp3) is 0.538. The summed E-state index contributed by atoms with van der Waals surface area (Å²) in [6.45, 7) is 3.95. The first-order chi connectivity index (χ1) is 7.74. The maximum Gasteiger partial charge on any atom is 0.129 e. The Kier molecular flexibility index (Phi) is 3.54. The van der Waals surface area contributed by atoms with Crippen LogP contribution in [0.4, 0.5) is 8.78 Å². The molecular weight excluding hydrogens is 208 g/mol. The van der Waals surface area contributed by atoms with E-state index in [9.17, 15) is 8.78 Å². The van der Waals surface area contributed by atoms with Gasteiger partial charge < -0.3 is 5.32 Å². The van der Waals surface area contributed by atoms with Crippen LogP contribution in [0.3, 0.4) is 0 Å². The van der Waals surface area contributed by atoms with E-state index in [-0.39, 0.29) is 11.5 Å². The molecule has 0 aromatic heterocycles. The maximum atomic E-state index is 13.4. The van der Waals surface area contributed by atoms with Crippen molar-refractivity contribution < 1.29 is 8.78 Å². The lowest BCUT2D eigenvalue weighted by Gasteiger charge is -2.05. The number of benzene rings is 1. The fourth-order valence-corrected chi connectivity index (χ4v) is 2.16. The molecule has 2 atom stereocenters. The second kappa shape index (κ2) is 4.91. The smallest absolute Gasteiger partial charge is 0.129 e. The van der Waals surface area contributed by atoms with Crippen molar-refractivity contribution in [3.63, 3.8) is 0 Å². The average molecular weight is 225 g/mol. The summed E-state index contributed by atoms with van der Waals surface area (Å²) in [7, 11) is 0. The fourth-order valence-electron chi connectivity index (χ4n) is 2.16. The molecule has 0 spiro atoms. The zero-order valence-corrected chi connectivity index (χ0v) is 9.47. The first kappa shape index (κ1) is 11.5. The molecule has 1 aromatic rings. The highest BCUT2D eigenvalue weighted by molar-refractivity contribution is 5.29. The molecule has 1 nitrogen and oxygen atoms in total. The highest BCUT2D eigenvalue weighted by atomic mass is 19.1. The van der Waals surface area contributed by atoms with Crippen LogP contribution in [0.15, 0.2) is 18.2 Å². The highest BCUT2D eigenvalue weighted by Crippen LogP contribution is 2.48. The monoisotopic (exact) mass is 225 g/mol. The van der Waals surface area contributed by atoms with E-state index in [1.54, 1.807) is 0 Å². The van der Waals surface area contributed by atoms with Crippen molar-refractivity contribution in [2.75, 3.05) is 13.1 Å². The van der Waals surface area contributed by atoms with Gasteiger partial charge in [-0.15, -0.1) is 0 Å². The lowest BCUT2D eigenvalue weighted by atomic mass is 10.1. The lowest BCUT2D eigenvalue weighted by molar-refractivity contribution is 0.545. The Morgan fingerprint density at radius 1 is 1.31 bits per heavy atom. The molecule has 0 aliphatic heterocycles. The Morgan fingerprint density at radius 2 is 2.00 bits per heavy atom. The molecule has 0 saturated heterocycles. The largest absolute Gasteiger partial charge is 0.316 e. The van der Waals surface area contributed by atoms with Crippen molar-refractivity contribution in [1.29, 1.82) is 0 Å². The Bertz CT molecular complexity index is 345. The van der Waals surface area contributed by atoms with Crippen LogP contribution in [0.5, 0.6) is 0 Å². The zero-order chi connectivity index (χ0) is 11.5. The molecule has 1 N–H and O–H groups in total. The van der Waals surface area contributed by atoms with Crippen LogP contribution in [-0.4, -0.2) is 13.1 Å². The molecule has 2 unspecified atom stereocenters. The van der Waals surface area contributed by atoms with Crippen molar-refractivity contribution in [2.24, 2.45) is 5.92 Å². The second-order valence-electron chi connectivity index (χ2n) is 4.44. The van der Waals surface area contributed by atoms with E-state index in [0.29, 0.717) is 5.92 Å². The predicted molar refractivity (Wildman–Crippen MR) is 60.4 cm³/mol. The summed E-state index contributed by atoms with van der Waals surface area (Å²) in [6, 6.07) is 4.10. The number of hydrogen-bond acceptors (Lipinski definition) is 1.